The SMILES string of the molecule is CC(Nc1ncnc(N)c1C#N)c1nc2ccc(F)cc2c(SCCO)c1-c1ccccc1. The Kier molecular flexibility index (Phi) is 6.68. The van der Waals surface area contributed by atoms with Crippen LogP contribution in [0.5, 0.6) is 0 Å². The molecule has 166 valence electrons. The molecule has 2 heterocycles. The van der Waals surface area contributed by atoms with Gasteiger partial charge in [0.25, 0.3) is 0 Å². The van der Waals surface area contributed by atoms with E-state index in [1.165, 1.54) is 30.2 Å². The zero-order valence-electron chi connectivity index (χ0n) is 17.8. The summed E-state index contributed by atoms with van der Waals surface area (Å²) >= 11 is 1.45. The minimum atomic E-state index is -0.385. The highest BCUT2D eigenvalue weighted by molar-refractivity contribution is 7.99. The predicted octanol–water partition coefficient (Wildman–Crippen LogP) is 4.54. The van der Waals surface area contributed by atoms with Crippen molar-refractivity contribution < 1.29 is 9.50 Å². The van der Waals surface area contributed by atoms with E-state index in [1.54, 1.807) is 6.07 Å². The zero-order valence-corrected chi connectivity index (χ0v) is 18.6. The molecule has 33 heavy (non-hydrogen) atoms. The maximum absolute atomic E-state index is 14.2. The van der Waals surface area contributed by atoms with Crippen LogP contribution in [0, 0.1) is 17.1 Å². The number of thioether (sulfide) groups is 1. The second kappa shape index (κ2) is 9.81. The number of nitrogen functional groups attached to an aromatic ring is 1. The first kappa shape index (κ1) is 22.5. The fourth-order valence-electron chi connectivity index (χ4n) is 3.61. The Morgan fingerprint density at radius 2 is 2.00 bits per heavy atom. The normalized spacial score (nSPS) is 11.8. The molecule has 0 saturated carbocycles. The van der Waals surface area contributed by atoms with Crippen molar-refractivity contribution in [3.63, 3.8) is 0 Å². The van der Waals surface area contributed by atoms with Crippen LogP contribution in [0.4, 0.5) is 16.0 Å². The standard InChI is InChI=1S/C24H21FN6OS/c1-14(30-24-18(12-26)23(27)28-13-29-24)21-20(15-5-3-2-4-6-15)22(33-10-9-32)17-11-16(25)7-8-19(17)31-21/h2-8,11,13-14,32H,9-10H2,1H3,(H3,27,28,29,30). The van der Waals surface area contributed by atoms with Gasteiger partial charge in [0.15, 0.2) is 0 Å². The van der Waals surface area contributed by atoms with Gasteiger partial charge in [-0.3, -0.25) is 0 Å². The Morgan fingerprint density at radius 1 is 1.21 bits per heavy atom. The number of hydrogen-bond acceptors (Lipinski definition) is 8. The smallest absolute Gasteiger partial charge is 0.150 e. The third-order valence-corrected chi connectivity index (χ3v) is 6.18. The van der Waals surface area contributed by atoms with Crippen molar-refractivity contribution in [3.05, 3.63) is 71.9 Å². The molecule has 2 aromatic carbocycles. The van der Waals surface area contributed by atoms with E-state index in [1.807, 2.05) is 43.3 Å². The molecule has 0 saturated heterocycles. The lowest BCUT2D eigenvalue weighted by atomic mass is 9.97. The molecule has 0 aliphatic carbocycles. The van der Waals surface area contributed by atoms with Crippen molar-refractivity contribution in [2.75, 3.05) is 23.4 Å². The number of nitriles is 1. The minimum absolute atomic E-state index is 0.0209. The summed E-state index contributed by atoms with van der Waals surface area (Å²) in [6.07, 6.45) is 1.29. The maximum atomic E-state index is 14.2. The molecule has 0 aliphatic heterocycles. The van der Waals surface area contributed by atoms with Gasteiger partial charge in [0, 0.05) is 21.6 Å². The molecule has 0 bridgehead atoms. The molecule has 0 fully saturated rings. The van der Waals surface area contributed by atoms with E-state index in [4.69, 9.17) is 10.7 Å². The van der Waals surface area contributed by atoms with Crippen LogP contribution in [-0.4, -0.2) is 32.4 Å². The van der Waals surface area contributed by atoms with Gasteiger partial charge in [0.1, 0.15) is 35.4 Å². The van der Waals surface area contributed by atoms with Crippen molar-refractivity contribution >= 4 is 34.3 Å². The van der Waals surface area contributed by atoms with Crippen molar-refractivity contribution in [3.8, 4) is 17.2 Å². The van der Waals surface area contributed by atoms with Crippen molar-refractivity contribution in [2.24, 2.45) is 0 Å². The summed E-state index contributed by atoms with van der Waals surface area (Å²) in [7, 11) is 0. The minimum Gasteiger partial charge on any atom is -0.396 e. The number of rotatable bonds is 7. The Hall–Kier alpha value is -3.74. The molecule has 9 heteroatoms. The second-order valence-corrected chi connectivity index (χ2v) is 8.37. The second-order valence-electron chi connectivity index (χ2n) is 7.26. The number of hydrogen-bond donors (Lipinski definition) is 3. The molecule has 4 aromatic rings. The number of aliphatic hydroxyl groups excluding tert-OH is 1. The van der Waals surface area contributed by atoms with E-state index < -0.39 is 0 Å². The predicted molar refractivity (Wildman–Crippen MR) is 128 cm³/mol. The Balaban J connectivity index is 1.94. The summed E-state index contributed by atoms with van der Waals surface area (Å²) in [5, 5.41) is 22.9. The first-order chi connectivity index (χ1) is 16.0. The summed E-state index contributed by atoms with van der Waals surface area (Å²) in [5.74, 6) is 0.481. The molecule has 1 unspecified atom stereocenters. The van der Waals surface area contributed by atoms with Crippen LogP contribution in [0.25, 0.3) is 22.0 Å². The molecule has 4 rings (SSSR count). The van der Waals surface area contributed by atoms with E-state index in [0.717, 1.165) is 16.0 Å². The molecule has 4 N–H and O–H groups in total. The average molecular weight is 461 g/mol. The van der Waals surface area contributed by atoms with Gasteiger partial charge in [-0.15, -0.1) is 11.8 Å². The molecular weight excluding hydrogens is 439 g/mol. The van der Waals surface area contributed by atoms with Gasteiger partial charge in [-0.05, 0) is 30.7 Å². The topological polar surface area (TPSA) is 121 Å². The quantitative estimate of drug-likeness (QED) is 0.344. The fraction of sp³-hybridized carbons (Fsp3) is 0.167. The third-order valence-electron chi connectivity index (χ3n) is 5.08. The third kappa shape index (κ3) is 4.58. The number of pyridine rings is 1. The first-order valence-electron chi connectivity index (χ1n) is 10.2. The first-order valence-corrected chi connectivity index (χ1v) is 11.2. The Morgan fingerprint density at radius 3 is 2.73 bits per heavy atom. The van der Waals surface area contributed by atoms with Gasteiger partial charge in [-0.25, -0.2) is 19.3 Å². The lowest BCUT2D eigenvalue weighted by Gasteiger charge is -2.22. The van der Waals surface area contributed by atoms with Crippen LogP contribution in [0.3, 0.4) is 0 Å². The Labute approximate surface area is 194 Å². The van der Waals surface area contributed by atoms with E-state index in [0.29, 0.717) is 28.2 Å². The maximum Gasteiger partial charge on any atom is 0.150 e. The highest BCUT2D eigenvalue weighted by atomic mass is 32.2. The molecule has 0 radical (unpaired) electrons. The number of nitrogens with zero attached hydrogens (tertiary/aromatic N) is 4. The van der Waals surface area contributed by atoms with Gasteiger partial charge >= 0.3 is 0 Å². The van der Waals surface area contributed by atoms with Crippen molar-refractivity contribution in [1.29, 1.82) is 5.26 Å². The van der Waals surface area contributed by atoms with E-state index in [2.05, 4.69) is 15.3 Å². The molecule has 0 amide bonds. The summed E-state index contributed by atoms with van der Waals surface area (Å²) in [5.41, 5.74) is 9.05. The summed E-state index contributed by atoms with van der Waals surface area (Å²) < 4.78 is 14.2. The van der Waals surface area contributed by atoms with Crippen molar-refractivity contribution in [1.82, 2.24) is 15.0 Å². The Bertz CT molecular complexity index is 1340. The highest BCUT2D eigenvalue weighted by Crippen LogP contribution is 2.41. The van der Waals surface area contributed by atoms with Gasteiger partial charge in [0.05, 0.1) is 23.9 Å². The number of anilines is 2. The molecule has 0 aliphatic rings. The fourth-order valence-corrected chi connectivity index (χ4v) is 4.59. The number of nitrogens with two attached hydrogens (primary N) is 1. The van der Waals surface area contributed by atoms with E-state index in [9.17, 15) is 14.8 Å². The molecular formula is C24H21FN6OS. The average Bonchev–Trinajstić information content (AvgIpc) is 2.82. The number of halogens is 1. The molecule has 7 nitrogen and oxygen atoms in total. The molecule has 2 aromatic heterocycles. The van der Waals surface area contributed by atoms with Crippen LogP contribution in [0.2, 0.25) is 0 Å². The van der Waals surface area contributed by atoms with Crippen LogP contribution >= 0.6 is 11.8 Å². The van der Waals surface area contributed by atoms with Crippen LogP contribution in [0.15, 0.2) is 59.8 Å². The van der Waals surface area contributed by atoms with Gasteiger partial charge in [0.2, 0.25) is 0 Å². The number of benzene rings is 2. The van der Waals surface area contributed by atoms with Crippen LogP contribution < -0.4 is 11.1 Å². The lowest BCUT2D eigenvalue weighted by molar-refractivity contribution is 0.322. The van der Waals surface area contributed by atoms with E-state index in [-0.39, 0.29) is 29.8 Å². The summed E-state index contributed by atoms with van der Waals surface area (Å²) in [4.78, 5) is 13.8. The summed E-state index contributed by atoms with van der Waals surface area (Å²) in [6.45, 7) is 1.89. The number of aliphatic hydroxyl groups is 1. The monoisotopic (exact) mass is 460 g/mol. The summed E-state index contributed by atoms with van der Waals surface area (Å²) in [6, 6.07) is 15.8. The number of fused-ring (bicyclic) bond motifs is 1. The zero-order chi connectivity index (χ0) is 23.4. The molecule has 0 spiro atoms. The highest BCUT2D eigenvalue weighted by Gasteiger charge is 2.23. The van der Waals surface area contributed by atoms with Gasteiger partial charge in [-0.1, -0.05) is 30.3 Å². The van der Waals surface area contributed by atoms with Crippen molar-refractivity contribution in [2.45, 2.75) is 17.9 Å². The number of aromatic nitrogens is 3. The van der Waals surface area contributed by atoms with Gasteiger partial charge in [-0.2, -0.15) is 5.26 Å². The van der Waals surface area contributed by atoms with E-state index >= 15 is 0 Å². The van der Waals surface area contributed by atoms with Crippen LogP contribution in [0.1, 0.15) is 24.2 Å². The van der Waals surface area contributed by atoms with Crippen LogP contribution in [-0.2, 0) is 0 Å². The largest absolute Gasteiger partial charge is 0.396 e. The number of nitrogens with one attached hydrogen (secondary N) is 1. The molecule has 1 atom stereocenters. The van der Waals surface area contributed by atoms with Gasteiger partial charge < -0.3 is 16.2 Å². The lowest BCUT2D eigenvalue weighted by Crippen LogP contribution is -2.14.